The normalized spacial score (nSPS) is 23.1. The van der Waals surface area contributed by atoms with Gasteiger partial charge in [0.05, 0.1) is 6.20 Å². The van der Waals surface area contributed by atoms with E-state index in [4.69, 9.17) is 5.73 Å². The molecule has 14 heavy (non-hydrogen) atoms. The third-order valence-corrected chi connectivity index (χ3v) is 2.92. The smallest absolute Gasteiger partial charge is 0.0534 e. The summed E-state index contributed by atoms with van der Waals surface area (Å²) in [6.07, 6.45) is 6.54. The summed E-state index contributed by atoms with van der Waals surface area (Å²) in [7, 11) is 1.95. The van der Waals surface area contributed by atoms with Crippen molar-refractivity contribution < 1.29 is 0 Å². The Morgan fingerprint density at radius 2 is 2.50 bits per heavy atom. The third-order valence-electron chi connectivity index (χ3n) is 2.92. The summed E-state index contributed by atoms with van der Waals surface area (Å²) in [5.74, 6) is 0. The largest absolute Gasteiger partial charge is 0.329 e. The lowest BCUT2D eigenvalue weighted by atomic mass is 10.2. The molecule has 1 unspecified atom stereocenters. The van der Waals surface area contributed by atoms with Gasteiger partial charge in [-0.05, 0) is 19.4 Å². The van der Waals surface area contributed by atoms with E-state index >= 15 is 0 Å². The lowest BCUT2D eigenvalue weighted by Gasteiger charge is -2.22. The average molecular weight is 194 g/mol. The predicted octanol–water partition coefficient (Wildman–Crippen LogP) is 0.343. The van der Waals surface area contributed by atoms with Gasteiger partial charge in [0.2, 0.25) is 0 Å². The molecule has 1 aliphatic rings. The summed E-state index contributed by atoms with van der Waals surface area (Å²) < 4.78 is 1.85. The molecule has 78 valence electrons. The van der Waals surface area contributed by atoms with Gasteiger partial charge in [0.1, 0.15) is 0 Å². The van der Waals surface area contributed by atoms with Crippen LogP contribution in [0.5, 0.6) is 0 Å². The second-order valence-electron chi connectivity index (χ2n) is 4.02. The fourth-order valence-electron chi connectivity index (χ4n) is 2.16. The molecule has 2 N–H and O–H groups in total. The molecular formula is C10H18N4. The van der Waals surface area contributed by atoms with E-state index in [1.165, 1.54) is 24.9 Å². The Balaban J connectivity index is 1.96. The Kier molecular flexibility index (Phi) is 2.84. The van der Waals surface area contributed by atoms with E-state index in [9.17, 15) is 0 Å². The van der Waals surface area contributed by atoms with Crippen LogP contribution in [0.3, 0.4) is 0 Å². The molecule has 0 radical (unpaired) electrons. The highest BCUT2D eigenvalue weighted by molar-refractivity contribution is 5.04. The second kappa shape index (κ2) is 4.11. The zero-order valence-electron chi connectivity index (χ0n) is 8.69. The van der Waals surface area contributed by atoms with E-state index in [2.05, 4.69) is 16.2 Å². The topological polar surface area (TPSA) is 47.1 Å². The van der Waals surface area contributed by atoms with Gasteiger partial charge in [-0.25, -0.2) is 0 Å². The molecule has 1 fully saturated rings. The summed E-state index contributed by atoms with van der Waals surface area (Å²) in [5, 5.41) is 4.17. The van der Waals surface area contributed by atoms with E-state index in [-0.39, 0.29) is 0 Å². The molecule has 1 aromatic rings. The minimum absolute atomic E-state index is 0.579. The van der Waals surface area contributed by atoms with Crippen LogP contribution in [0.2, 0.25) is 0 Å². The first kappa shape index (κ1) is 9.68. The lowest BCUT2D eigenvalue weighted by molar-refractivity contribution is 0.250. The summed E-state index contributed by atoms with van der Waals surface area (Å²) in [5.41, 5.74) is 7.01. The van der Waals surface area contributed by atoms with E-state index in [1.54, 1.807) is 0 Å². The lowest BCUT2D eigenvalue weighted by Crippen LogP contribution is -2.34. The third kappa shape index (κ3) is 1.96. The van der Waals surface area contributed by atoms with E-state index in [1.807, 2.05) is 17.9 Å². The van der Waals surface area contributed by atoms with Crippen molar-refractivity contribution >= 4 is 0 Å². The van der Waals surface area contributed by atoms with Crippen molar-refractivity contribution in [2.75, 3.05) is 13.1 Å². The average Bonchev–Trinajstić information content (AvgIpc) is 2.76. The number of nitrogens with two attached hydrogens (primary N) is 1. The van der Waals surface area contributed by atoms with Crippen molar-refractivity contribution in [1.82, 2.24) is 14.7 Å². The Morgan fingerprint density at radius 1 is 1.64 bits per heavy atom. The molecular weight excluding hydrogens is 176 g/mol. The highest BCUT2D eigenvalue weighted by Crippen LogP contribution is 2.18. The van der Waals surface area contributed by atoms with Gasteiger partial charge in [0.15, 0.2) is 0 Å². The van der Waals surface area contributed by atoms with E-state index in [0.717, 1.165) is 13.1 Å². The van der Waals surface area contributed by atoms with Crippen LogP contribution in [0.25, 0.3) is 0 Å². The van der Waals surface area contributed by atoms with Crippen LogP contribution in [0.1, 0.15) is 18.4 Å². The number of hydrogen-bond acceptors (Lipinski definition) is 3. The van der Waals surface area contributed by atoms with Crippen LogP contribution in [-0.2, 0) is 13.6 Å². The maximum Gasteiger partial charge on any atom is 0.0534 e. The summed E-state index contributed by atoms with van der Waals surface area (Å²) in [6.45, 7) is 2.95. The van der Waals surface area contributed by atoms with E-state index in [0.29, 0.717) is 6.04 Å². The van der Waals surface area contributed by atoms with Crippen molar-refractivity contribution in [3.8, 4) is 0 Å². The first-order chi connectivity index (χ1) is 6.79. The maximum atomic E-state index is 5.72. The molecule has 2 rings (SSSR count). The molecule has 1 atom stereocenters. The number of hydrogen-bond donors (Lipinski definition) is 1. The highest BCUT2D eigenvalue weighted by atomic mass is 15.2. The van der Waals surface area contributed by atoms with Gasteiger partial charge < -0.3 is 5.73 Å². The monoisotopic (exact) mass is 194 g/mol. The van der Waals surface area contributed by atoms with Gasteiger partial charge in [-0.1, -0.05) is 0 Å². The number of rotatable bonds is 3. The SMILES string of the molecule is Cn1cc(CN2CCCC2CN)cn1. The summed E-state index contributed by atoms with van der Waals surface area (Å²) >= 11 is 0. The zero-order chi connectivity index (χ0) is 9.97. The van der Waals surface area contributed by atoms with Gasteiger partial charge in [-0.15, -0.1) is 0 Å². The first-order valence-corrected chi connectivity index (χ1v) is 5.21. The quantitative estimate of drug-likeness (QED) is 0.755. The minimum atomic E-state index is 0.579. The van der Waals surface area contributed by atoms with Gasteiger partial charge in [0.25, 0.3) is 0 Å². The fourth-order valence-corrected chi connectivity index (χ4v) is 2.16. The van der Waals surface area contributed by atoms with Crippen LogP contribution in [0, 0.1) is 0 Å². The molecule has 1 saturated heterocycles. The Hall–Kier alpha value is -0.870. The molecule has 0 bridgehead atoms. The fraction of sp³-hybridized carbons (Fsp3) is 0.700. The van der Waals surface area contributed by atoms with Gasteiger partial charge in [0, 0.05) is 37.9 Å². The molecule has 2 heterocycles. The molecule has 4 nitrogen and oxygen atoms in total. The van der Waals surface area contributed by atoms with Crippen LogP contribution in [-0.4, -0.2) is 33.8 Å². The highest BCUT2D eigenvalue weighted by Gasteiger charge is 2.22. The predicted molar refractivity (Wildman–Crippen MR) is 55.7 cm³/mol. The van der Waals surface area contributed by atoms with Gasteiger partial charge in [-0.3, -0.25) is 9.58 Å². The molecule has 4 heteroatoms. The molecule has 0 saturated carbocycles. The zero-order valence-corrected chi connectivity index (χ0v) is 8.69. The molecule has 0 amide bonds. The van der Waals surface area contributed by atoms with E-state index < -0.39 is 0 Å². The molecule has 0 spiro atoms. The van der Waals surface area contributed by atoms with Crippen LogP contribution in [0.15, 0.2) is 12.4 Å². The molecule has 0 aromatic carbocycles. The first-order valence-electron chi connectivity index (χ1n) is 5.21. The van der Waals surface area contributed by atoms with Crippen molar-refractivity contribution in [1.29, 1.82) is 0 Å². The van der Waals surface area contributed by atoms with Crippen molar-refractivity contribution in [3.05, 3.63) is 18.0 Å². The summed E-state index contributed by atoms with van der Waals surface area (Å²) in [4.78, 5) is 2.46. The Bertz CT molecular complexity index is 294. The van der Waals surface area contributed by atoms with Gasteiger partial charge >= 0.3 is 0 Å². The Labute approximate surface area is 84.7 Å². The number of aryl methyl sites for hydroxylation is 1. The van der Waals surface area contributed by atoms with Crippen molar-refractivity contribution in [3.63, 3.8) is 0 Å². The van der Waals surface area contributed by atoms with Crippen LogP contribution in [0.4, 0.5) is 0 Å². The Morgan fingerprint density at radius 3 is 3.14 bits per heavy atom. The molecule has 1 aromatic heterocycles. The molecule has 0 aliphatic carbocycles. The van der Waals surface area contributed by atoms with Gasteiger partial charge in [-0.2, -0.15) is 5.10 Å². The van der Waals surface area contributed by atoms with Crippen molar-refractivity contribution in [2.24, 2.45) is 12.8 Å². The maximum absolute atomic E-state index is 5.72. The van der Waals surface area contributed by atoms with Crippen LogP contribution < -0.4 is 5.73 Å². The summed E-state index contributed by atoms with van der Waals surface area (Å²) in [6, 6.07) is 0.579. The second-order valence-corrected chi connectivity index (χ2v) is 4.02. The number of nitrogens with zero attached hydrogens (tertiary/aromatic N) is 3. The number of aromatic nitrogens is 2. The molecule has 1 aliphatic heterocycles. The van der Waals surface area contributed by atoms with Crippen molar-refractivity contribution in [2.45, 2.75) is 25.4 Å². The standard InChI is InChI=1S/C10H18N4/c1-13-7-9(6-12-13)8-14-4-2-3-10(14)5-11/h6-7,10H,2-5,8,11H2,1H3. The van der Waals surface area contributed by atoms with Crippen LogP contribution >= 0.6 is 0 Å². The minimum Gasteiger partial charge on any atom is -0.329 e. The number of likely N-dealkylation sites (tertiary alicyclic amines) is 1.